The molecular weight excluding hydrogens is 498 g/mol. The number of amides is 2. The molecule has 1 atom stereocenters. The zero-order chi connectivity index (χ0) is 26.9. The molecule has 1 saturated heterocycles. The maximum atomic E-state index is 12.8. The van der Waals surface area contributed by atoms with Crippen LogP contribution in [-0.2, 0) is 4.79 Å². The molecule has 3 aromatic heterocycles. The Hall–Kier alpha value is -4.58. The van der Waals surface area contributed by atoms with Crippen molar-refractivity contribution in [3.63, 3.8) is 0 Å². The van der Waals surface area contributed by atoms with E-state index >= 15 is 0 Å². The number of likely N-dealkylation sites (tertiary alicyclic amines) is 1. The van der Waals surface area contributed by atoms with Crippen LogP contribution in [0.2, 0.25) is 0 Å². The molecular formula is C27H29N9O3. The molecule has 1 unspecified atom stereocenters. The van der Waals surface area contributed by atoms with Crippen molar-refractivity contribution in [3.05, 3.63) is 60.8 Å². The van der Waals surface area contributed by atoms with Gasteiger partial charge < -0.3 is 15.1 Å². The van der Waals surface area contributed by atoms with E-state index in [2.05, 4.69) is 32.2 Å². The SMILES string of the molecule is CN(CC=CC(=O)N1CCC(n2nc(-c3ccc(C(=O)Nc4ncco4)cc3)c3c(N)ncnc32)C1)C1CC1. The summed E-state index contributed by atoms with van der Waals surface area (Å²) in [4.78, 5) is 42.0. The first-order valence-corrected chi connectivity index (χ1v) is 12.9. The summed E-state index contributed by atoms with van der Waals surface area (Å²) in [5.74, 6) is -0.0158. The maximum Gasteiger partial charge on any atom is 0.301 e. The smallest absolute Gasteiger partial charge is 0.301 e. The Morgan fingerprint density at radius 1 is 1.18 bits per heavy atom. The molecule has 0 bridgehead atoms. The number of carbonyl (C=O) groups excluding carboxylic acids is 2. The second kappa shape index (κ2) is 10.3. The first-order chi connectivity index (χ1) is 19.0. The van der Waals surface area contributed by atoms with Crippen LogP contribution in [0.4, 0.5) is 11.8 Å². The van der Waals surface area contributed by atoms with Crippen molar-refractivity contribution in [2.75, 3.05) is 37.7 Å². The van der Waals surface area contributed by atoms with Crippen LogP contribution >= 0.6 is 0 Å². The first kappa shape index (κ1) is 24.7. The fourth-order valence-electron chi connectivity index (χ4n) is 4.92. The van der Waals surface area contributed by atoms with Gasteiger partial charge in [0.15, 0.2) is 5.65 Å². The second-order valence-electron chi connectivity index (χ2n) is 9.92. The fraction of sp³-hybridized carbons (Fsp3) is 0.333. The van der Waals surface area contributed by atoms with Crippen LogP contribution in [0.5, 0.6) is 0 Å². The van der Waals surface area contributed by atoms with Gasteiger partial charge in [-0.15, -0.1) is 0 Å². The number of hydrogen-bond donors (Lipinski definition) is 2. The number of anilines is 2. The molecule has 1 aliphatic heterocycles. The van der Waals surface area contributed by atoms with Gasteiger partial charge in [-0.2, -0.15) is 5.10 Å². The van der Waals surface area contributed by atoms with Crippen LogP contribution in [0.15, 0.2) is 59.6 Å². The van der Waals surface area contributed by atoms with E-state index in [0.29, 0.717) is 47.2 Å². The van der Waals surface area contributed by atoms with Crippen LogP contribution in [0, 0.1) is 0 Å². The van der Waals surface area contributed by atoms with E-state index in [1.54, 1.807) is 30.3 Å². The van der Waals surface area contributed by atoms with Crippen LogP contribution in [0.1, 0.15) is 35.7 Å². The van der Waals surface area contributed by atoms with Crippen molar-refractivity contribution in [1.29, 1.82) is 0 Å². The number of fused-ring (bicyclic) bond motifs is 1. The lowest BCUT2D eigenvalue weighted by atomic mass is 10.1. The largest absolute Gasteiger partial charge is 0.432 e. The summed E-state index contributed by atoms with van der Waals surface area (Å²) < 4.78 is 6.93. The lowest BCUT2D eigenvalue weighted by molar-refractivity contribution is -0.125. The van der Waals surface area contributed by atoms with Gasteiger partial charge in [0.25, 0.3) is 5.91 Å². The predicted octanol–water partition coefficient (Wildman–Crippen LogP) is 2.74. The molecule has 200 valence electrons. The number of nitrogens with zero attached hydrogens (tertiary/aromatic N) is 7. The van der Waals surface area contributed by atoms with E-state index in [9.17, 15) is 9.59 Å². The number of nitrogen functional groups attached to an aromatic ring is 1. The van der Waals surface area contributed by atoms with Crippen molar-refractivity contribution in [2.45, 2.75) is 31.3 Å². The molecule has 0 spiro atoms. The number of rotatable bonds is 8. The van der Waals surface area contributed by atoms with Gasteiger partial charge in [-0.3, -0.25) is 19.8 Å². The van der Waals surface area contributed by atoms with E-state index < -0.39 is 0 Å². The summed E-state index contributed by atoms with van der Waals surface area (Å²) in [5, 5.41) is 8.13. The van der Waals surface area contributed by atoms with E-state index in [-0.39, 0.29) is 23.9 Å². The van der Waals surface area contributed by atoms with Gasteiger partial charge in [0.05, 0.1) is 17.6 Å². The summed E-state index contributed by atoms with van der Waals surface area (Å²) in [7, 11) is 2.09. The predicted molar refractivity (Wildman–Crippen MR) is 145 cm³/mol. The third-order valence-corrected chi connectivity index (χ3v) is 7.24. The highest BCUT2D eigenvalue weighted by Crippen LogP contribution is 2.34. The van der Waals surface area contributed by atoms with E-state index in [0.717, 1.165) is 18.5 Å². The molecule has 6 rings (SSSR count). The molecule has 4 heterocycles. The fourth-order valence-corrected chi connectivity index (χ4v) is 4.92. The standard InChI is InChI=1S/C27H29N9O3/c1-34(19-8-9-19)12-2-3-21(37)35-13-10-20(15-35)36-25-22(24(28)30-16-31-25)23(33-36)17-4-6-18(7-5-17)26(38)32-27-29-11-14-39-27/h2-7,11,14,16,19-20H,8-10,12-13,15H2,1H3,(H2,28,30,31)(H,29,32,38). The molecule has 2 aliphatic rings. The van der Waals surface area contributed by atoms with E-state index in [4.69, 9.17) is 15.2 Å². The van der Waals surface area contributed by atoms with Crippen molar-refractivity contribution in [3.8, 4) is 11.3 Å². The molecule has 3 N–H and O–H groups in total. The van der Waals surface area contributed by atoms with Crippen molar-refractivity contribution in [1.82, 2.24) is 34.5 Å². The molecule has 1 aliphatic carbocycles. The van der Waals surface area contributed by atoms with E-state index in [1.165, 1.54) is 31.6 Å². The Kier molecular flexibility index (Phi) is 6.53. The summed E-state index contributed by atoms with van der Waals surface area (Å²) in [5.41, 5.74) is 8.71. The Balaban J connectivity index is 1.21. The highest BCUT2D eigenvalue weighted by atomic mass is 16.4. The molecule has 1 aromatic carbocycles. The average Bonchev–Trinajstić information content (AvgIpc) is 3.29. The lowest BCUT2D eigenvalue weighted by Gasteiger charge is -2.16. The van der Waals surface area contributed by atoms with Crippen molar-refractivity contribution >= 4 is 34.7 Å². The molecule has 39 heavy (non-hydrogen) atoms. The zero-order valence-corrected chi connectivity index (χ0v) is 21.5. The number of nitrogens with one attached hydrogen (secondary N) is 1. The van der Waals surface area contributed by atoms with Gasteiger partial charge in [0, 0.05) is 42.9 Å². The van der Waals surface area contributed by atoms with Crippen molar-refractivity contribution in [2.24, 2.45) is 0 Å². The molecule has 4 aromatic rings. The first-order valence-electron chi connectivity index (χ1n) is 12.9. The minimum atomic E-state index is -0.341. The van der Waals surface area contributed by atoms with Gasteiger partial charge in [-0.25, -0.2) is 19.6 Å². The van der Waals surface area contributed by atoms with E-state index in [1.807, 2.05) is 15.7 Å². The molecule has 12 heteroatoms. The van der Waals surface area contributed by atoms with Gasteiger partial charge >= 0.3 is 6.01 Å². The highest BCUT2D eigenvalue weighted by Gasteiger charge is 2.30. The lowest BCUT2D eigenvalue weighted by Crippen LogP contribution is -2.28. The number of oxazole rings is 1. The summed E-state index contributed by atoms with van der Waals surface area (Å²) >= 11 is 0. The Bertz CT molecular complexity index is 1520. The van der Waals surface area contributed by atoms with Crippen LogP contribution in [-0.4, -0.2) is 79.1 Å². The molecule has 0 radical (unpaired) electrons. The quantitative estimate of drug-likeness (QED) is 0.330. The van der Waals surface area contributed by atoms with Gasteiger partial charge in [-0.1, -0.05) is 18.2 Å². The molecule has 12 nitrogen and oxygen atoms in total. The molecule has 1 saturated carbocycles. The second-order valence-corrected chi connectivity index (χ2v) is 9.92. The van der Waals surface area contributed by atoms with Crippen LogP contribution in [0.3, 0.4) is 0 Å². The Morgan fingerprint density at radius 3 is 2.74 bits per heavy atom. The molecule has 2 amide bonds. The Labute approximate surface area is 224 Å². The van der Waals surface area contributed by atoms with Crippen molar-refractivity contribution < 1.29 is 14.0 Å². The number of aromatic nitrogens is 5. The van der Waals surface area contributed by atoms with Gasteiger partial charge in [-0.05, 0) is 38.4 Å². The third kappa shape index (κ3) is 5.10. The summed E-state index contributed by atoms with van der Waals surface area (Å²) in [6.45, 7) is 1.94. The number of nitrogens with two attached hydrogens (primary N) is 1. The third-order valence-electron chi connectivity index (χ3n) is 7.24. The zero-order valence-electron chi connectivity index (χ0n) is 21.5. The molecule has 2 fully saturated rings. The number of hydrogen-bond acceptors (Lipinski definition) is 9. The summed E-state index contributed by atoms with van der Waals surface area (Å²) in [6, 6.07) is 7.73. The van der Waals surface area contributed by atoms with Gasteiger partial charge in [0.1, 0.15) is 24.1 Å². The maximum absolute atomic E-state index is 12.8. The average molecular weight is 528 g/mol. The highest BCUT2D eigenvalue weighted by molar-refractivity contribution is 6.04. The van der Waals surface area contributed by atoms with Gasteiger partial charge in [0.2, 0.25) is 5.91 Å². The summed E-state index contributed by atoms with van der Waals surface area (Å²) in [6.07, 6.45) is 11.1. The number of likely N-dealkylation sites (N-methyl/N-ethyl adjacent to an activating group) is 1. The topological polar surface area (TPSA) is 148 Å². The monoisotopic (exact) mass is 527 g/mol. The minimum Gasteiger partial charge on any atom is -0.432 e. The number of benzene rings is 1. The van der Waals surface area contributed by atoms with Crippen LogP contribution < -0.4 is 11.1 Å². The normalized spacial score (nSPS) is 17.5. The minimum absolute atomic E-state index is 0.00568. The number of carbonyl (C=O) groups is 2. The Morgan fingerprint density at radius 2 is 2.00 bits per heavy atom. The van der Waals surface area contributed by atoms with Crippen LogP contribution in [0.25, 0.3) is 22.3 Å².